The SMILES string of the molecule is CC(NC(=O)c1cc(=O)[nH]c(N2CCCC2)n1)c1ccc(C(F)(F)F)cc1. The molecule has 0 bridgehead atoms. The monoisotopic (exact) mass is 380 g/mol. The van der Waals surface area contributed by atoms with Gasteiger partial charge in [0.1, 0.15) is 5.69 Å². The molecule has 144 valence electrons. The molecule has 27 heavy (non-hydrogen) atoms. The molecular formula is C18H19F3N4O2. The molecule has 1 aliphatic rings. The summed E-state index contributed by atoms with van der Waals surface area (Å²) < 4.78 is 37.9. The Morgan fingerprint density at radius 3 is 2.44 bits per heavy atom. The van der Waals surface area contributed by atoms with Crippen molar-refractivity contribution in [1.82, 2.24) is 15.3 Å². The largest absolute Gasteiger partial charge is 0.416 e. The summed E-state index contributed by atoms with van der Waals surface area (Å²) in [6.07, 6.45) is -2.43. The average Bonchev–Trinajstić information content (AvgIpc) is 3.15. The number of anilines is 1. The van der Waals surface area contributed by atoms with Crippen LogP contribution >= 0.6 is 0 Å². The molecule has 1 unspecified atom stereocenters. The van der Waals surface area contributed by atoms with Crippen molar-refractivity contribution >= 4 is 11.9 Å². The molecule has 6 nitrogen and oxygen atoms in total. The van der Waals surface area contributed by atoms with Crippen molar-refractivity contribution in [3.05, 3.63) is 57.5 Å². The minimum Gasteiger partial charge on any atom is -0.344 e. The molecule has 0 spiro atoms. The predicted octanol–water partition coefficient (Wildman–Crippen LogP) is 2.88. The fourth-order valence-electron chi connectivity index (χ4n) is 2.95. The number of carbonyl (C=O) groups is 1. The first-order chi connectivity index (χ1) is 12.7. The Kier molecular flexibility index (Phi) is 5.20. The third kappa shape index (κ3) is 4.47. The predicted molar refractivity (Wildman–Crippen MR) is 93.6 cm³/mol. The standard InChI is InChI=1S/C18H19F3N4O2/c1-11(12-4-6-13(7-5-12)18(19,20)21)22-16(27)14-10-15(26)24-17(23-14)25-8-2-3-9-25/h4-7,10-11H,2-3,8-9H2,1H3,(H,22,27)(H,23,24,26). The van der Waals surface area contributed by atoms with Gasteiger partial charge >= 0.3 is 6.18 Å². The van der Waals surface area contributed by atoms with Crippen LogP contribution in [0.1, 0.15) is 47.4 Å². The lowest BCUT2D eigenvalue weighted by Crippen LogP contribution is -2.31. The summed E-state index contributed by atoms with van der Waals surface area (Å²) >= 11 is 0. The molecule has 1 fully saturated rings. The third-order valence-corrected chi connectivity index (χ3v) is 4.45. The van der Waals surface area contributed by atoms with Crippen LogP contribution in [0.3, 0.4) is 0 Å². The zero-order valence-electron chi connectivity index (χ0n) is 14.6. The number of hydrogen-bond acceptors (Lipinski definition) is 4. The van der Waals surface area contributed by atoms with Gasteiger partial charge < -0.3 is 10.2 Å². The zero-order valence-corrected chi connectivity index (χ0v) is 14.6. The molecule has 1 amide bonds. The van der Waals surface area contributed by atoms with Crippen LogP contribution in [-0.2, 0) is 6.18 Å². The molecule has 2 N–H and O–H groups in total. The number of alkyl halides is 3. The number of carbonyl (C=O) groups excluding carboxylic acids is 1. The van der Waals surface area contributed by atoms with Crippen molar-refractivity contribution in [3.63, 3.8) is 0 Å². The molecule has 1 aliphatic heterocycles. The summed E-state index contributed by atoms with van der Waals surface area (Å²) in [5.74, 6) is -0.207. The number of aromatic nitrogens is 2. The van der Waals surface area contributed by atoms with Gasteiger partial charge in [-0.15, -0.1) is 0 Å². The van der Waals surface area contributed by atoms with E-state index >= 15 is 0 Å². The zero-order chi connectivity index (χ0) is 19.6. The second-order valence-electron chi connectivity index (χ2n) is 6.46. The van der Waals surface area contributed by atoms with Crippen LogP contribution in [-0.4, -0.2) is 29.0 Å². The normalized spacial score (nSPS) is 15.6. The first-order valence-corrected chi connectivity index (χ1v) is 8.58. The van der Waals surface area contributed by atoms with E-state index in [0.717, 1.165) is 44.1 Å². The molecule has 0 aliphatic carbocycles. The fourth-order valence-corrected chi connectivity index (χ4v) is 2.95. The van der Waals surface area contributed by atoms with Crippen molar-refractivity contribution in [3.8, 4) is 0 Å². The van der Waals surface area contributed by atoms with Gasteiger partial charge in [-0.25, -0.2) is 4.98 Å². The fraction of sp³-hybridized carbons (Fsp3) is 0.389. The summed E-state index contributed by atoms with van der Waals surface area (Å²) in [7, 11) is 0. The van der Waals surface area contributed by atoms with Crippen molar-refractivity contribution < 1.29 is 18.0 Å². The molecule has 9 heteroatoms. The van der Waals surface area contributed by atoms with Crippen molar-refractivity contribution in [2.75, 3.05) is 18.0 Å². The van der Waals surface area contributed by atoms with Gasteiger partial charge in [0.25, 0.3) is 11.5 Å². The second kappa shape index (κ2) is 7.42. The summed E-state index contributed by atoms with van der Waals surface area (Å²) in [6, 6.07) is 5.12. The quantitative estimate of drug-likeness (QED) is 0.855. The lowest BCUT2D eigenvalue weighted by Gasteiger charge is -2.17. The topological polar surface area (TPSA) is 78.1 Å². The van der Waals surface area contributed by atoms with E-state index in [2.05, 4.69) is 15.3 Å². The Morgan fingerprint density at radius 2 is 1.85 bits per heavy atom. The molecule has 1 saturated heterocycles. The highest BCUT2D eigenvalue weighted by molar-refractivity contribution is 5.92. The summed E-state index contributed by atoms with van der Waals surface area (Å²) in [4.78, 5) is 33.0. The van der Waals surface area contributed by atoms with E-state index < -0.39 is 29.2 Å². The summed E-state index contributed by atoms with van der Waals surface area (Å²) in [5.41, 5.74) is -0.698. The van der Waals surface area contributed by atoms with E-state index in [-0.39, 0.29) is 5.69 Å². The number of nitrogens with one attached hydrogen (secondary N) is 2. The minimum atomic E-state index is -4.41. The number of halogens is 3. The van der Waals surface area contributed by atoms with Crippen molar-refractivity contribution in [2.45, 2.75) is 32.0 Å². The Hall–Kier alpha value is -2.84. The number of rotatable bonds is 4. The first-order valence-electron chi connectivity index (χ1n) is 8.58. The molecule has 0 radical (unpaired) electrons. The van der Waals surface area contributed by atoms with Gasteiger partial charge in [0.05, 0.1) is 11.6 Å². The van der Waals surface area contributed by atoms with Gasteiger partial charge in [-0.2, -0.15) is 13.2 Å². The van der Waals surface area contributed by atoms with Crippen LogP contribution in [0.2, 0.25) is 0 Å². The van der Waals surface area contributed by atoms with Gasteiger partial charge in [-0.05, 0) is 37.5 Å². The number of amides is 1. The highest BCUT2D eigenvalue weighted by Gasteiger charge is 2.30. The maximum atomic E-state index is 12.6. The Morgan fingerprint density at radius 1 is 1.22 bits per heavy atom. The number of H-pyrrole nitrogens is 1. The molecule has 3 rings (SSSR count). The number of nitrogens with zero attached hydrogens (tertiary/aromatic N) is 2. The van der Waals surface area contributed by atoms with Gasteiger partial charge in [-0.1, -0.05) is 12.1 Å². The maximum Gasteiger partial charge on any atom is 0.416 e. The van der Waals surface area contributed by atoms with Crippen LogP contribution in [0.15, 0.2) is 35.1 Å². The molecule has 2 heterocycles. The second-order valence-corrected chi connectivity index (χ2v) is 6.46. The lowest BCUT2D eigenvalue weighted by molar-refractivity contribution is -0.137. The van der Waals surface area contributed by atoms with Gasteiger partial charge in [0.2, 0.25) is 5.95 Å². The minimum absolute atomic E-state index is 0.0283. The van der Waals surface area contributed by atoms with Crippen molar-refractivity contribution in [2.24, 2.45) is 0 Å². The van der Waals surface area contributed by atoms with E-state index in [1.54, 1.807) is 6.92 Å². The summed E-state index contributed by atoms with van der Waals surface area (Å²) in [5, 5.41) is 2.66. The van der Waals surface area contributed by atoms with Crippen molar-refractivity contribution in [1.29, 1.82) is 0 Å². The molecule has 0 saturated carbocycles. The Labute approximate surface area is 153 Å². The van der Waals surface area contributed by atoms with E-state index in [1.807, 2.05) is 4.90 Å². The van der Waals surface area contributed by atoms with Crippen LogP contribution in [0, 0.1) is 0 Å². The maximum absolute atomic E-state index is 12.6. The Bertz CT molecular complexity index is 871. The Balaban J connectivity index is 1.74. The van der Waals surface area contributed by atoms with E-state index in [9.17, 15) is 22.8 Å². The molecule has 1 aromatic heterocycles. The highest BCUT2D eigenvalue weighted by atomic mass is 19.4. The van der Waals surface area contributed by atoms with Gasteiger partial charge in [0.15, 0.2) is 0 Å². The average molecular weight is 380 g/mol. The molecule has 1 atom stereocenters. The smallest absolute Gasteiger partial charge is 0.344 e. The van der Waals surface area contributed by atoms with Gasteiger partial charge in [-0.3, -0.25) is 14.6 Å². The van der Waals surface area contributed by atoms with Gasteiger partial charge in [0, 0.05) is 19.2 Å². The third-order valence-electron chi connectivity index (χ3n) is 4.45. The van der Waals surface area contributed by atoms with Crippen LogP contribution in [0.5, 0.6) is 0 Å². The van der Waals surface area contributed by atoms with E-state index in [1.165, 1.54) is 12.1 Å². The number of aromatic amines is 1. The molecular weight excluding hydrogens is 361 g/mol. The molecule has 2 aromatic rings. The number of hydrogen-bond donors (Lipinski definition) is 2. The van der Waals surface area contributed by atoms with E-state index in [0.29, 0.717) is 11.5 Å². The highest BCUT2D eigenvalue weighted by Crippen LogP contribution is 2.29. The first kappa shape index (κ1) is 18.9. The lowest BCUT2D eigenvalue weighted by atomic mass is 10.1. The van der Waals surface area contributed by atoms with Crippen LogP contribution in [0.4, 0.5) is 19.1 Å². The number of benzene rings is 1. The van der Waals surface area contributed by atoms with E-state index in [4.69, 9.17) is 0 Å². The van der Waals surface area contributed by atoms with Crippen LogP contribution < -0.4 is 15.8 Å². The summed E-state index contributed by atoms with van der Waals surface area (Å²) in [6.45, 7) is 3.17. The molecule has 1 aromatic carbocycles. The van der Waals surface area contributed by atoms with Crippen LogP contribution in [0.25, 0.3) is 0 Å².